The fourth-order valence-electron chi connectivity index (χ4n) is 1.36. The summed E-state index contributed by atoms with van der Waals surface area (Å²) in [7, 11) is 0. The first kappa shape index (κ1) is 11.8. The second-order valence-electron chi connectivity index (χ2n) is 3.45. The SMILES string of the molecule is C=CCn1nnnc1NCc1ccc(Br)cc1. The topological polar surface area (TPSA) is 55.6 Å². The standard InChI is InChI=1S/C11H12BrN5/c1-2-7-17-11(14-15-16-17)13-8-9-3-5-10(12)6-4-9/h2-6H,1,7-8H2,(H,13,14,16). The van der Waals surface area contributed by atoms with Crippen LogP contribution in [0.3, 0.4) is 0 Å². The third-order valence-corrected chi connectivity index (χ3v) is 2.73. The van der Waals surface area contributed by atoms with Crippen LogP contribution in [0.25, 0.3) is 0 Å². The number of hydrogen-bond acceptors (Lipinski definition) is 4. The molecule has 0 saturated heterocycles. The van der Waals surface area contributed by atoms with Crippen molar-refractivity contribution >= 4 is 21.9 Å². The van der Waals surface area contributed by atoms with E-state index in [1.54, 1.807) is 10.8 Å². The molecular formula is C11H12BrN5. The molecule has 88 valence electrons. The average Bonchev–Trinajstić information content (AvgIpc) is 2.77. The highest BCUT2D eigenvalue weighted by molar-refractivity contribution is 9.10. The fourth-order valence-corrected chi connectivity index (χ4v) is 1.62. The molecule has 0 amide bonds. The van der Waals surface area contributed by atoms with Gasteiger partial charge in [-0.1, -0.05) is 39.2 Å². The number of tetrazole rings is 1. The maximum atomic E-state index is 3.90. The summed E-state index contributed by atoms with van der Waals surface area (Å²) in [6, 6.07) is 8.09. The van der Waals surface area contributed by atoms with E-state index in [1.165, 1.54) is 5.56 Å². The van der Waals surface area contributed by atoms with Crippen molar-refractivity contribution in [3.63, 3.8) is 0 Å². The number of benzene rings is 1. The van der Waals surface area contributed by atoms with Crippen LogP contribution >= 0.6 is 15.9 Å². The van der Waals surface area contributed by atoms with Crippen molar-refractivity contribution in [1.29, 1.82) is 0 Å². The summed E-state index contributed by atoms with van der Waals surface area (Å²) in [6.45, 7) is 4.93. The Morgan fingerprint density at radius 3 is 2.82 bits per heavy atom. The predicted octanol–water partition coefficient (Wildman–Crippen LogP) is 2.23. The van der Waals surface area contributed by atoms with Crippen LogP contribution in [0.15, 0.2) is 41.4 Å². The first-order valence-electron chi connectivity index (χ1n) is 5.15. The van der Waals surface area contributed by atoms with Gasteiger partial charge in [0.05, 0.1) is 6.54 Å². The Kier molecular flexibility index (Phi) is 3.87. The third-order valence-electron chi connectivity index (χ3n) is 2.20. The molecule has 0 bridgehead atoms. The Morgan fingerprint density at radius 1 is 1.35 bits per heavy atom. The third kappa shape index (κ3) is 3.13. The number of allylic oxidation sites excluding steroid dienone is 1. The molecule has 1 aromatic carbocycles. The van der Waals surface area contributed by atoms with Crippen molar-refractivity contribution < 1.29 is 0 Å². The molecule has 6 heteroatoms. The Morgan fingerprint density at radius 2 is 2.12 bits per heavy atom. The van der Waals surface area contributed by atoms with E-state index in [0.717, 1.165) is 4.47 Å². The molecule has 0 atom stereocenters. The fraction of sp³-hybridized carbons (Fsp3) is 0.182. The van der Waals surface area contributed by atoms with Gasteiger partial charge in [-0.3, -0.25) is 0 Å². The molecule has 0 aliphatic heterocycles. The van der Waals surface area contributed by atoms with E-state index in [4.69, 9.17) is 0 Å². The highest BCUT2D eigenvalue weighted by Gasteiger charge is 2.03. The van der Waals surface area contributed by atoms with Crippen molar-refractivity contribution in [2.24, 2.45) is 0 Å². The number of hydrogen-bond donors (Lipinski definition) is 1. The number of halogens is 1. The van der Waals surface area contributed by atoms with E-state index in [-0.39, 0.29) is 0 Å². The summed E-state index contributed by atoms with van der Waals surface area (Å²) in [5.74, 6) is 0.646. The molecule has 0 aliphatic rings. The molecule has 0 saturated carbocycles. The second kappa shape index (κ2) is 5.58. The van der Waals surface area contributed by atoms with E-state index in [9.17, 15) is 0 Å². The minimum Gasteiger partial charge on any atom is -0.349 e. The number of nitrogens with one attached hydrogen (secondary N) is 1. The van der Waals surface area contributed by atoms with Gasteiger partial charge in [-0.05, 0) is 28.1 Å². The molecule has 0 fully saturated rings. The molecule has 0 unspecified atom stereocenters. The van der Waals surface area contributed by atoms with E-state index in [0.29, 0.717) is 19.0 Å². The van der Waals surface area contributed by atoms with Crippen molar-refractivity contribution in [1.82, 2.24) is 20.2 Å². The minimum atomic E-state index is 0.593. The summed E-state index contributed by atoms with van der Waals surface area (Å²) in [6.07, 6.45) is 1.75. The lowest BCUT2D eigenvalue weighted by Gasteiger charge is -2.05. The smallest absolute Gasteiger partial charge is 0.243 e. The highest BCUT2D eigenvalue weighted by Crippen LogP contribution is 2.11. The van der Waals surface area contributed by atoms with Crippen LogP contribution in [0, 0.1) is 0 Å². The molecule has 5 nitrogen and oxygen atoms in total. The monoisotopic (exact) mass is 293 g/mol. The van der Waals surface area contributed by atoms with Crippen LogP contribution in [0.5, 0.6) is 0 Å². The minimum absolute atomic E-state index is 0.593. The maximum Gasteiger partial charge on any atom is 0.243 e. The van der Waals surface area contributed by atoms with Gasteiger partial charge in [0.2, 0.25) is 5.95 Å². The largest absolute Gasteiger partial charge is 0.349 e. The van der Waals surface area contributed by atoms with Gasteiger partial charge in [0.15, 0.2) is 0 Å². The predicted molar refractivity (Wildman–Crippen MR) is 69.5 cm³/mol. The summed E-state index contributed by atoms with van der Waals surface area (Å²) in [5.41, 5.74) is 1.17. The quantitative estimate of drug-likeness (QED) is 0.859. The van der Waals surface area contributed by atoms with Gasteiger partial charge < -0.3 is 5.32 Å². The first-order valence-corrected chi connectivity index (χ1v) is 5.94. The molecule has 1 aromatic heterocycles. The van der Waals surface area contributed by atoms with Crippen molar-refractivity contribution in [3.05, 3.63) is 47.0 Å². The average molecular weight is 294 g/mol. The lowest BCUT2D eigenvalue weighted by Crippen LogP contribution is -2.08. The van der Waals surface area contributed by atoms with Gasteiger partial charge in [0, 0.05) is 11.0 Å². The Labute approximate surface area is 108 Å². The van der Waals surface area contributed by atoms with E-state index >= 15 is 0 Å². The van der Waals surface area contributed by atoms with E-state index in [1.807, 2.05) is 24.3 Å². The lowest BCUT2D eigenvalue weighted by molar-refractivity contribution is 0.663. The summed E-state index contributed by atoms with van der Waals surface area (Å²) in [4.78, 5) is 0. The lowest BCUT2D eigenvalue weighted by atomic mass is 10.2. The molecule has 2 aromatic rings. The molecular weight excluding hydrogens is 282 g/mol. The molecule has 0 aliphatic carbocycles. The maximum absolute atomic E-state index is 3.90. The zero-order valence-electron chi connectivity index (χ0n) is 9.17. The van der Waals surface area contributed by atoms with Gasteiger partial charge in [0.25, 0.3) is 0 Å². The number of anilines is 1. The van der Waals surface area contributed by atoms with Gasteiger partial charge in [-0.15, -0.1) is 6.58 Å². The zero-order chi connectivity index (χ0) is 12.1. The first-order chi connectivity index (χ1) is 8.29. The summed E-state index contributed by atoms with van der Waals surface area (Å²) in [5, 5.41) is 14.5. The molecule has 0 spiro atoms. The van der Waals surface area contributed by atoms with Gasteiger partial charge in [0.1, 0.15) is 0 Å². The van der Waals surface area contributed by atoms with Crippen LogP contribution in [0.4, 0.5) is 5.95 Å². The second-order valence-corrected chi connectivity index (χ2v) is 4.37. The van der Waals surface area contributed by atoms with Gasteiger partial charge in [-0.25, -0.2) is 4.68 Å². The van der Waals surface area contributed by atoms with Crippen molar-refractivity contribution in [3.8, 4) is 0 Å². The highest BCUT2D eigenvalue weighted by atomic mass is 79.9. The Hall–Kier alpha value is -1.69. The van der Waals surface area contributed by atoms with Gasteiger partial charge >= 0.3 is 0 Å². The van der Waals surface area contributed by atoms with Crippen LogP contribution in [-0.4, -0.2) is 20.2 Å². The van der Waals surface area contributed by atoms with Gasteiger partial charge in [-0.2, -0.15) is 0 Å². The Balaban J connectivity index is 1.99. The number of rotatable bonds is 5. The molecule has 0 radical (unpaired) electrons. The molecule has 1 N–H and O–H groups in total. The molecule has 2 rings (SSSR count). The summed E-state index contributed by atoms with van der Waals surface area (Å²) >= 11 is 3.40. The van der Waals surface area contributed by atoms with Crippen LogP contribution in [0.2, 0.25) is 0 Å². The van der Waals surface area contributed by atoms with Crippen LogP contribution in [0.1, 0.15) is 5.56 Å². The molecule has 17 heavy (non-hydrogen) atoms. The van der Waals surface area contributed by atoms with E-state index in [2.05, 4.69) is 43.4 Å². The van der Waals surface area contributed by atoms with Crippen LogP contribution < -0.4 is 5.32 Å². The molecule has 1 heterocycles. The number of aromatic nitrogens is 4. The summed E-state index contributed by atoms with van der Waals surface area (Å²) < 4.78 is 2.73. The zero-order valence-corrected chi connectivity index (χ0v) is 10.8. The normalized spacial score (nSPS) is 10.2. The van der Waals surface area contributed by atoms with E-state index < -0.39 is 0 Å². The number of nitrogens with zero attached hydrogens (tertiary/aromatic N) is 4. The van der Waals surface area contributed by atoms with Crippen LogP contribution in [-0.2, 0) is 13.1 Å². The Bertz CT molecular complexity index is 491. The van der Waals surface area contributed by atoms with Crippen molar-refractivity contribution in [2.45, 2.75) is 13.1 Å². The van der Waals surface area contributed by atoms with Crippen molar-refractivity contribution in [2.75, 3.05) is 5.32 Å².